The van der Waals surface area contributed by atoms with Gasteiger partial charge in [0.1, 0.15) is 11.5 Å². The molecule has 11 heteroatoms. The molecule has 162 valence electrons. The molecule has 3 heterocycles. The highest BCUT2D eigenvalue weighted by atomic mass is 35.5. The predicted molar refractivity (Wildman–Crippen MR) is 120 cm³/mol. The molecule has 3 rings (SSSR count). The van der Waals surface area contributed by atoms with Crippen LogP contribution in [0.5, 0.6) is 0 Å². The van der Waals surface area contributed by atoms with Gasteiger partial charge in [0.05, 0.1) is 5.69 Å². The molecule has 30 heavy (non-hydrogen) atoms. The fourth-order valence-corrected chi connectivity index (χ4v) is 4.12. The van der Waals surface area contributed by atoms with E-state index in [-0.39, 0.29) is 5.91 Å². The number of nitrogens with zero attached hydrogens (tertiary/aromatic N) is 4. The fourth-order valence-electron chi connectivity index (χ4n) is 3.21. The lowest BCUT2D eigenvalue weighted by atomic mass is 10.2. The maximum atomic E-state index is 11.8. The third-order valence-electron chi connectivity index (χ3n) is 4.70. The number of carbonyl (C=O) groups excluding carboxylic acids is 1. The van der Waals surface area contributed by atoms with Gasteiger partial charge in [0.25, 0.3) is 5.91 Å². The molecule has 9 nitrogen and oxygen atoms in total. The van der Waals surface area contributed by atoms with Gasteiger partial charge in [0.2, 0.25) is 0 Å². The van der Waals surface area contributed by atoms with Gasteiger partial charge in [0.15, 0.2) is 16.3 Å². The van der Waals surface area contributed by atoms with Crippen LogP contribution in [0.1, 0.15) is 23.0 Å². The Labute approximate surface area is 183 Å². The molecule has 1 saturated heterocycles. The van der Waals surface area contributed by atoms with E-state index in [0.717, 1.165) is 44.0 Å². The van der Waals surface area contributed by atoms with E-state index in [4.69, 9.17) is 11.6 Å². The van der Waals surface area contributed by atoms with Gasteiger partial charge in [0, 0.05) is 52.5 Å². The smallest absolute Gasteiger partial charge is 0.269 e. The summed E-state index contributed by atoms with van der Waals surface area (Å²) in [4.78, 5) is 24.7. The predicted octanol–water partition coefficient (Wildman–Crippen LogP) is 1.41. The summed E-state index contributed by atoms with van der Waals surface area (Å²) in [5.74, 6) is 0.327. The van der Waals surface area contributed by atoms with E-state index in [1.165, 1.54) is 0 Å². The highest BCUT2D eigenvalue weighted by Crippen LogP contribution is 2.25. The molecule has 1 aliphatic heterocycles. The van der Waals surface area contributed by atoms with Gasteiger partial charge in [-0.1, -0.05) is 18.5 Å². The molecule has 0 bridgehead atoms. The van der Waals surface area contributed by atoms with E-state index in [0.29, 0.717) is 23.2 Å². The Kier molecular flexibility index (Phi) is 7.97. The van der Waals surface area contributed by atoms with Crippen LogP contribution in [0.3, 0.4) is 0 Å². The maximum absolute atomic E-state index is 11.8. The first-order valence-corrected chi connectivity index (χ1v) is 11.3. The van der Waals surface area contributed by atoms with E-state index in [1.807, 2.05) is 25.1 Å². The van der Waals surface area contributed by atoms with Crippen molar-refractivity contribution in [3.05, 3.63) is 46.9 Å². The highest BCUT2D eigenvalue weighted by molar-refractivity contribution is 7.84. The number of hydrogen-bond donors (Lipinski definition) is 3. The van der Waals surface area contributed by atoms with Crippen molar-refractivity contribution in [3.8, 4) is 0 Å². The Morgan fingerprint density at radius 3 is 2.67 bits per heavy atom. The quantitative estimate of drug-likeness (QED) is 0.524. The van der Waals surface area contributed by atoms with Crippen LogP contribution in [0.4, 0.5) is 11.5 Å². The molecule has 0 aromatic carbocycles. The van der Waals surface area contributed by atoms with Crippen molar-refractivity contribution >= 4 is 40.2 Å². The number of pyridine rings is 2. The third-order valence-corrected chi connectivity index (χ3v) is 5.93. The summed E-state index contributed by atoms with van der Waals surface area (Å²) in [5, 5.41) is 2.88. The summed E-state index contributed by atoms with van der Waals surface area (Å²) in [6.45, 7) is 6.62. The van der Waals surface area contributed by atoms with Gasteiger partial charge in [-0.05, 0) is 29.8 Å². The lowest BCUT2D eigenvalue weighted by Crippen LogP contribution is -2.46. The summed E-state index contributed by atoms with van der Waals surface area (Å²) in [5.41, 5.74) is 2.25. The Morgan fingerprint density at radius 1 is 1.23 bits per heavy atom. The molecule has 1 amide bonds. The number of hydrogen-bond acceptors (Lipinski definition) is 6. The molecule has 0 spiro atoms. The first-order chi connectivity index (χ1) is 14.5. The van der Waals surface area contributed by atoms with Crippen molar-refractivity contribution in [1.82, 2.24) is 24.9 Å². The zero-order valence-corrected chi connectivity index (χ0v) is 18.6. The van der Waals surface area contributed by atoms with Gasteiger partial charge in [-0.3, -0.25) is 14.4 Å². The van der Waals surface area contributed by atoms with Gasteiger partial charge in [-0.15, -0.1) is 0 Å². The number of carbonyl (C=O) groups is 1. The lowest BCUT2D eigenvalue weighted by molar-refractivity contribution is 0.0958. The highest BCUT2D eigenvalue weighted by Gasteiger charge is 2.20. The number of nitrogens with one attached hydrogen (secondary N) is 3. The van der Waals surface area contributed by atoms with Crippen LogP contribution >= 0.6 is 11.6 Å². The standard InChI is InChI=1S/C19H26ClN7O2S/c1-3-23-30(29)25-17-12-14(6-7-22-17)13-26-8-10-27(11-9-26)16-5-4-15(19(28)21-2)24-18(16)20/h4-7,12,23H,3,8-11,13H2,1-2H3,(H,21,28)(H,22,25). The monoisotopic (exact) mass is 451 g/mol. The van der Waals surface area contributed by atoms with Crippen LogP contribution in [0.25, 0.3) is 0 Å². The first kappa shape index (κ1) is 22.4. The van der Waals surface area contributed by atoms with E-state index < -0.39 is 11.2 Å². The van der Waals surface area contributed by atoms with Crippen molar-refractivity contribution in [1.29, 1.82) is 0 Å². The molecular formula is C19H26ClN7O2S. The van der Waals surface area contributed by atoms with E-state index >= 15 is 0 Å². The maximum Gasteiger partial charge on any atom is 0.269 e. The van der Waals surface area contributed by atoms with Crippen molar-refractivity contribution in [2.75, 3.05) is 49.4 Å². The molecule has 1 fully saturated rings. The van der Waals surface area contributed by atoms with Crippen molar-refractivity contribution in [3.63, 3.8) is 0 Å². The average Bonchev–Trinajstić information content (AvgIpc) is 2.74. The van der Waals surface area contributed by atoms with Crippen LogP contribution in [0, 0.1) is 0 Å². The zero-order valence-electron chi connectivity index (χ0n) is 17.0. The second-order valence-electron chi connectivity index (χ2n) is 6.77. The fraction of sp³-hybridized carbons (Fsp3) is 0.421. The number of anilines is 2. The zero-order chi connectivity index (χ0) is 21.5. The number of rotatable bonds is 8. The normalized spacial score (nSPS) is 15.6. The molecule has 0 aliphatic carbocycles. The average molecular weight is 452 g/mol. The third kappa shape index (κ3) is 5.88. The second kappa shape index (κ2) is 10.7. The van der Waals surface area contributed by atoms with Gasteiger partial charge < -0.3 is 10.2 Å². The van der Waals surface area contributed by atoms with E-state index in [9.17, 15) is 9.00 Å². The SMILES string of the molecule is CCNS(=O)Nc1cc(CN2CCN(c3ccc(C(=O)NC)nc3Cl)CC2)ccn1. The van der Waals surface area contributed by atoms with Gasteiger partial charge in [-0.2, -0.15) is 0 Å². The van der Waals surface area contributed by atoms with E-state index in [2.05, 4.69) is 34.5 Å². The second-order valence-corrected chi connectivity index (χ2v) is 8.16. The number of aromatic nitrogens is 2. The van der Waals surface area contributed by atoms with Crippen LogP contribution in [-0.2, 0) is 17.7 Å². The molecule has 1 unspecified atom stereocenters. The number of piperazine rings is 1. The van der Waals surface area contributed by atoms with E-state index in [1.54, 1.807) is 19.3 Å². The Balaban J connectivity index is 1.56. The molecule has 3 N–H and O–H groups in total. The summed E-state index contributed by atoms with van der Waals surface area (Å²) in [7, 11) is 1.56. The molecule has 2 aromatic heterocycles. The number of amides is 1. The van der Waals surface area contributed by atoms with Crippen molar-refractivity contribution in [2.45, 2.75) is 13.5 Å². The molecule has 1 aliphatic rings. The van der Waals surface area contributed by atoms with Gasteiger partial charge in [-0.25, -0.2) is 18.9 Å². The minimum atomic E-state index is -1.35. The molecule has 1 atom stereocenters. The Bertz CT molecular complexity index is 906. The van der Waals surface area contributed by atoms with Crippen LogP contribution in [0.2, 0.25) is 5.15 Å². The summed E-state index contributed by atoms with van der Waals surface area (Å²) >= 11 is 4.98. The van der Waals surface area contributed by atoms with Crippen LogP contribution in [0.15, 0.2) is 30.5 Å². The van der Waals surface area contributed by atoms with Crippen molar-refractivity contribution in [2.24, 2.45) is 0 Å². The number of halogens is 1. The Morgan fingerprint density at radius 2 is 2.00 bits per heavy atom. The summed E-state index contributed by atoms with van der Waals surface area (Å²) in [6.07, 6.45) is 1.72. The van der Waals surface area contributed by atoms with Crippen LogP contribution in [-0.4, -0.2) is 64.8 Å². The topological polar surface area (TPSA) is 102 Å². The minimum absolute atomic E-state index is 0.256. The molecule has 2 aromatic rings. The first-order valence-electron chi connectivity index (χ1n) is 9.73. The summed E-state index contributed by atoms with van der Waals surface area (Å²) < 4.78 is 17.4. The molecular weight excluding hydrogens is 426 g/mol. The van der Waals surface area contributed by atoms with Crippen molar-refractivity contribution < 1.29 is 9.00 Å². The lowest BCUT2D eigenvalue weighted by Gasteiger charge is -2.36. The largest absolute Gasteiger partial charge is 0.366 e. The minimum Gasteiger partial charge on any atom is -0.366 e. The molecule has 0 radical (unpaired) electrons. The summed E-state index contributed by atoms with van der Waals surface area (Å²) in [6, 6.07) is 7.42. The Hall–Kier alpha value is -2.27. The molecule has 0 saturated carbocycles. The van der Waals surface area contributed by atoms with Gasteiger partial charge >= 0.3 is 0 Å². The van der Waals surface area contributed by atoms with Crippen LogP contribution < -0.4 is 19.7 Å².